The van der Waals surface area contributed by atoms with Crippen LogP contribution in [0.25, 0.3) is 0 Å². The topological polar surface area (TPSA) is 12.5 Å². The maximum absolute atomic E-state index is 5.42. The third-order valence-corrected chi connectivity index (χ3v) is 3.93. The molecule has 0 aromatic rings. The number of hydrogen-bond donors (Lipinski definition) is 0. The average Bonchev–Trinajstić information content (AvgIpc) is 2.65. The van der Waals surface area contributed by atoms with Crippen molar-refractivity contribution in [2.45, 2.75) is 52.0 Å². The first-order valence-electron chi connectivity index (χ1n) is 6.13. The molecule has 2 aliphatic rings. The lowest BCUT2D eigenvalue weighted by molar-refractivity contribution is 0.0843. The fraction of sp³-hybridized carbons (Fsp3) is 0.846. The second kappa shape index (κ2) is 4.07. The second-order valence-electron chi connectivity index (χ2n) is 5.62. The van der Waals surface area contributed by atoms with Crippen molar-refractivity contribution >= 4 is 0 Å². The molecule has 1 aliphatic heterocycles. The Kier molecular flexibility index (Phi) is 2.94. The van der Waals surface area contributed by atoms with E-state index in [2.05, 4.69) is 24.8 Å². The smallest absolute Gasteiger partial charge is 0.185 e. The highest BCUT2D eigenvalue weighted by Gasteiger charge is 2.32. The van der Waals surface area contributed by atoms with Gasteiger partial charge in [-0.2, -0.15) is 0 Å². The zero-order valence-corrected chi connectivity index (χ0v) is 10.3. The fourth-order valence-electron chi connectivity index (χ4n) is 2.81. The summed E-state index contributed by atoms with van der Waals surface area (Å²) in [6, 6.07) is 0.728. The van der Waals surface area contributed by atoms with Gasteiger partial charge >= 0.3 is 0 Å². The monoisotopic (exact) mass is 209 g/mol. The molecule has 0 amide bonds. The van der Waals surface area contributed by atoms with E-state index < -0.39 is 0 Å². The molecule has 0 unspecified atom stereocenters. The van der Waals surface area contributed by atoms with Gasteiger partial charge in [-0.15, -0.1) is 0 Å². The Labute approximate surface area is 93.3 Å². The van der Waals surface area contributed by atoms with Gasteiger partial charge in [-0.3, -0.25) is 0 Å². The Morgan fingerprint density at radius 2 is 2.00 bits per heavy atom. The van der Waals surface area contributed by atoms with Crippen LogP contribution in [0.15, 0.2) is 12.0 Å². The van der Waals surface area contributed by atoms with E-state index in [9.17, 15) is 0 Å². The predicted octanol–water partition coefficient (Wildman–Crippen LogP) is 3.15. The lowest BCUT2D eigenvalue weighted by atomic mass is 9.75. The van der Waals surface area contributed by atoms with Gasteiger partial charge in [0.1, 0.15) is 0 Å². The Morgan fingerprint density at radius 1 is 1.33 bits per heavy atom. The number of ether oxygens (including phenoxy) is 1. The molecule has 0 atom stereocenters. The van der Waals surface area contributed by atoms with Crippen LogP contribution in [0.1, 0.15) is 46.0 Å². The van der Waals surface area contributed by atoms with E-state index in [0.29, 0.717) is 5.41 Å². The van der Waals surface area contributed by atoms with E-state index in [1.54, 1.807) is 7.11 Å². The van der Waals surface area contributed by atoms with Crippen molar-refractivity contribution in [2.75, 3.05) is 13.7 Å². The molecule has 1 heterocycles. The molecule has 0 N–H and O–H groups in total. The van der Waals surface area contributed by atoms with E-state index in [-0.39, 0.29) is 0 Å². The molecule has 1 saturated carbocycles. The number of rotatable bonds is 2. The Hall–Kier alpha value is -0.660. The standard InChI is InChI=1S/C13H23NO/c1-13(2)8-6-11(7-9-13)14-10-4-5-12(14)15-3/h5,11H,4,6-10H2,1-3H3. The van der Waals surface area contributed by atoms with Crippen molar-refractivity contribution in [3.8, 4) is 0 Å². The zero-order chi connectivity index (χ0) is 10.9. The van der Waals surface area contributed by atoms with Crippen molar-refractivity contribution in [3.05, 3.63) is 12.0 Å². The van der Waals surface area contributed by atoms with Crippen LogP contribution in [0.5, 0.6) is 0 Å². The van der Waals surface area contributed by atoms with Gasteiger partial charge < -0.3 is 9.64 Å². The van der Waals surface area contributed by atoms with E-state index in [1.165, 1.54) is 25.7 Å². The van der Waals surface area contributed by atoms with E-state index >= 15 is 0 Å². The van der Waals surface area contributed by atoms with Crippen LogP contribution < -0.4 is 0 Å². The summed E-state index contributed by atoms with van der Waals surface area (Å²) in [7, 11) is 1.79. The summed E-state index contributed by atoms with van der Waals surface area (Å²) >= 11 is 0. The average molecular weight is 209 g/mol. The molecule has 2 heteroatoms. The van der Waals surface area contributed by atoms with Crippen molar-refractivity contribution in [2.24, 2.45) is 5.41 Å². The van der Waals surface area contributed by atoms with Gasteiger partial charge in [-0.25, -0.2) is 0 Å². The minimum Gasteiger partial charge on any atom is -0.483 e. The molecule has 0 saturated heterocycles. The molecular weight excluding hydrogens is 186 g/mol. The molecule has 0 radical (unpaired) electrons. The van der Waals surface area contributed by atoms with Gasteiger partial charge in [-0.1, -0.05) is 13.8 Å². The molecule has 0 spiro atoms. The highest BCUT2D eigenvalue weighted by molar-refractivity contribution is 5.03. The van der Waals surface area contributed by atoms with Crippen molar-refractivity contribution in [1.82, 2.24) is 4.90 Å². The van der Waals surface area contributed by atoms with Crippen LogP contribution in [0.2, 0.25) is 0 Å². The summed E-state index contributed by atoms with van der Waals surface area (Å²) in [6.07, 6.45) is 8.74. The Bertz CT molecular complexity index is 247. The first-order chi connectivity index (χ1) is 7.12. The molecule has 1 fully saturated rings. The van der Waals surface area contributed by atoms with Crippen molar-refractivity contribution in [1.29, 1.82) is 0 Å². The van der Waals surface area contributed by atoms with Gasteiger partial charge in [0.25, 0.3) is 0 Å². The largest absolute Gasteiger partial charge is 0.483 e. The summed E-state index contributed by atoms with van der Waals surface area (Å²) < 4.78 is 5.42. The lowest BCUT2D eigenvalue weighted by Crippen LogP contribution is -2.38. The van der Waals surface area contributed by atoms with Gasteiger partial charge in [0.2, 0.25) is 0 Å². The third-order valence-electron chi connectivity index (χ3n) is 3.93. The van der Waals surface area contributed by atoms with Gasteiger partial charge in [0.05, 0.1) is 7.11 Å². The number of hydrogen-bond acceptors (Lipinski definition) is 2. The second-order valence-corrected chi connectivity index (χ2v) is 5.62. The van der Waals surface area contributed by atoms with E-state index in [0.717, 1.165) is 24.9 Å². The zero-order valence-electron chi connectivity index (χ0n) is 10.3. The molecule has 15 heavy (non-hydrogen) atoms. The van der Waals surface area contributed by atoms with Gasteiger partial charge in [0.15, 0.2) is 5.88 Å². The minimum absolute atomic E-state index is 0.563. The van der Waals surface area contributed by atoms with Gasteiger partial charge in [0, 0.05) is 12.6 Å². The Morgan fingerprint density at radius 3 is 2.60 bits per heavy atom. The number of methoxy groups -OCH3 is 1. The van der Waals surface area contributed by atoms with Crippen molar-refractivity contribution < 1.29 is 4.74 Å². The molecular formula is C13H23NO. The van der Waals surface area contributed by atoms with Crippen LogP contribution in [-0.2, 0) is 4.74 Å². The molecule has 0 bridgehead atoms. The first-order valence-corrected chi connectivity index (χ1v) is 6.13. The van der Waals surface area contributed by atoms with Crippen molar-refractivity contribution in [3.63, 3.8) is 0 Å². The van der Waals surface area contributed by atoms with E-state index in [4.69, 9.17) is 4.74 Å². The van der Waals surface area contributed by atoms with Crippen LogP contribution in [0, 0.1) is 5.41 Å². The lowest BCUT2D eigenvalue weighted by Gasteiger charge is -2.39. The summed E-state index contributed by atoms with van der Waals surface area (Å²) in [6.45, 7) is 5.94. The van der Waals surface area contributed by atoms with E-state index in [1.807, 2.05) is 0 Å². The maximum atomic E-state index is 5.42. The quantitative estimate of drug-likeness (QED) is 0.692. The third kappa shape index (κ3) is 2.30. The molecule has 0 aromatic carbocycles. The highest BCUT2D eigenvalue weighted by Crippen LogP contribution is 2.38. The van der Waals surface area contributed by atoms with Crippen LogP contribution >= 0.6 is 0 Å². The van der Waals surface area contributed by atoms with Crippen LogP contribution in [-0.4, -0.2) is 24.6 Å². The first kappa shape index (κ1) is 10.8. The molecule has 2 rings (SSSR count). The Balaban J connectivity index is 1.93. The SMILES string of the molecule is COC1=CCCN1C1CCC(C)(C)CC1. The molecule has 2 nitrogen and oxygen atoms in total. The molecule has 1 aliphatic carbocycles. The highest BCUT2D eigenvalue weighted by atomic mass is 16.5. The minimum atomic E-state index is 0.563. The normalized spacial score (nSPS) is 26.6. The summed E-state index contributed by atoms with van der Waals surface area (Å²) in [5.74, 6) is 1.11. The molecule has 86 valence electrons. The van der Waals surface area contributed by atoms with Gasteiger partial charge in [-0.05, 0) is 43.6 Å². The molecule has 0 aromatic heterocycles. The predicted molar refractivity (Wildman–Crippen MR) is 62.5 cm³/mol. The summed E-state index contributed by atoms with van der Waals surface area (Å²) in [5.41, 5.74) is 0.563. The van der Waals surface area contributed by atoms with Crippen LogP contribution in [0.4, 0.5) is 0 Å². The fourth-order valence-corrected chi connectivity index (χ4v) is 2.81. The van der Waals surface area contributed by atoms with Crippen LogP contribution in [0.3, 0.4) is 0 Å². The summed E-state index contributed by atoms with van der Waals surface area (Å²) in [4.78, 5) is 2.47. The maximum Gasteiger partial charge on any atom is 0.185 e. The number of nitrogens with zero attached hydrogens (tertiary/aromatic N) is 1. The summed E-state index contributed by atoms with van der Waals surface area (Å²) in [5, 5.41) is 0.